The standard InChI is InChI=1S/C11H16N2O3S/c1-3-10(12)11(14)13-8-4-6-9(7-5-8)17(2,15)16/h4-7,10H,3,12H2,1-2H3,(H,13,14)/t10-/m0/s1. The molecule has 1 atom stereocenters. The Morgan fingerprint density at radius 1 is 1.35 bits per heavy atom. The molecule has 0 aliphatic heterocycles. The molecule has 1 aromatic carbocycles. The lowest BCUT2D eigenvalue weighted by Gasteiger charge is -2.10. The fourth-order valence-electron chi connectivity index (χ4n) is 1.21. The first-order valence-corrected chi connectivity index (χ1v) is 7.10. The third kappa shape index (κ3) is 3.83. The first kappa shape index (κ1) is 13.7. The van der Waals surface area contributed by atoms with E-state index in [1.807, 2.05) is 6.92 Å². The Labute approximate surface area is 101 Å². The number of nitrogens with one attached hydrogen (secondary N) is 1. The van der Waals surface area contributed by atoms with Crippen molar-refractivity contribution in [3.63, 3.8) is 0 Å². The van der Waals surface area contributed by atoms with Crippen molar-refractivity contribution < 1.29 is 13.2 Å². The summed E-state index contributed by atoms with van der Waals surface area (Å²) in [6.45, 7) is 1.82. The number of rotatable bonds is 4. The van der Waals surface area contributed by atoms with E-state index in [4.69, 9.17) is 5.73 Å². The molecule has 5 nitrogen and oxygen atoms in total. The number of nitrogens with two attached hydrogens (primary N) is 1. The van der Waals surface area contributed by atoms with Crippen molar-refractivity contribution in [2.75, 3.05) is 11.6 Å². The van der Waals surface area contributed by atoms with Gasteiger partial charge >= 0.3 is 0 Å². The van der Waals surface area contributed by atoms with Crippen LogP contribution < -0.4 is 11.1 Å². The highest BCUT2D eigenvalue weighted by molar-refractivity contribution is 7.90. The number of amides is 1. The van der Waals surface area contributed by atoms with Gasteiger partial charge in [0.25, 0.3) is 0 Å². The van der Waals surface area contributed by atoms with Crippen molar-refractivity contribution in [2.45, 2.75) is 24.3 Å². The SMILES string of the molecule is CC[C@H](N)C(=O)Nc1ccc(S(C)(=O)=O)cc1. The van der Waals surface area contributed by atoms with Crippen molar-refractivity contribution >= 4 is 21.4 Å². The first-order valence-electron chi connectivity index (χ1n) is 5.21. The normalized spacial score (nSPS) is 13.1. The van der Waals surface area contributed by atoms with E-state index in [1.54, 1.807) is 0 Å². The molecule has 0 saturated carbocycles. The fourth-order valence-corrected chi connectivity index (χ4v) is 1.84. The quantitative estimate of drug-likeness (QED) is 0.832. The van der Waals surface area contributed by atoms with Gasteiger partial charge in [0.1, 0.15) is 0 Å². The average Bonchev–Trinajstić information content (AvgIpc) is 2.27. The van der Waals surface area contributed by atoms with Crippen LogP contribution >= 0.6 is 0 Å². The minimum atomic E-state index is -3.21. The summed E-state index contributed by atoms with van der Waals surface area (Å²) in [4.78, 5) is 11.7. The van der Waals surface area contributed by atoms with Gasteiger partial charge < -0.3 is 11.1 Å². The molecule has 0 bridgehead atoms. The van der Waals surface area contributed by atoms with Crippen LogP contribution in [0.15, 0.2) is 29.2 Å². The Morgan fingerprint density at radius 2 is 1.88 bits per heavy atom. The summed E-state index contributed by atoms with van der Waals surface area (Å²) in [7, 11) is -3.21. The Bertz CT molecular complexity index is 494. The van der Waals surface area contributed by atoms with E-state index < -0.39 is 15.9 Å². The molecule has 0 aliphatic rings. The summed E-state index contributed by atoms with van der Waals surface area (Å²) in [5.41, 5.74) is 6.09. The maximum atomic E-state index is 11.5. The largest absolute Gasteiger partial charge is 0.325 e. The van der Waals surface area contributed by atoms with Gasteiger partial charge in [0.15, 0.2) is 9.84 Å². The summed E-state index contributed by atoms with van der Waals surface area (Å²) in [5, 5.41) is 2.61. The molecule has 0 aliphatic carbocycles. The number of hydrogen-bond donors (Lipinski definition) is 2. The van der Waals surface area contributed by atoms with Gasteiger partial charge in [-0.05, 0) is 30.7 Å². The highest BCUT2D eigenvalue weighted by atomic mass is 32.2. The molecule has 17 heavy (non-hydrogen) atoms. The topological polar surface area (TPSA) is 89.3 Å². The van der Waals surface area contributed by atoms with Crippen LogP contribution in [-0.2, 0) is 14.6 Å². The molecule has 0 spiro atoms. The fraction of sp³-hybridized carbons (Fsp3) is 0.364. The summed E-state index contributed by atoms with van der Waals surface area (Å²) >= 11 is 0. The van der Waals surface area contributed by atoms with Crippen LogP contribution in [0.5, 0.6) is 0 Å². The lowest BCUT2D eigenvalue weighted by atomic mass is 10.2. The second kappa shape index (κ2) is 5.29. The van der Waals surface area contributed by atoms with Crippen molar-refractivity contribution in [3.8, 4) is 0 Å². The van der Waals surface area contributed by atoms with Crippen molar-refractivity contribution in [2.24, 2.45) is 5.73 Å². The van der Waals surface area contributed by atoms with Crippen LogP contribution in [-0.4, -0.2) is 26.6 Å². The second-order valence-corrected chi connectivity index (χ2v) is 5.82. The third-order valence-corrected chi connectivity index (χ3v) is 3.46. The smallest absolute Gasteiger partial charge is 0.241 e. The van der Waals surface area contributed by atoms with E-state index in [0.717, 1.165) is 6.26 Å². The number of sulfone groups is 1. The van der Waals surface area contributed by atoms with Gasteiger partial charge in [-0.15, -0.1) is 0 Å². The zero-order valence-electron chi connectivity index (χ0n) is 9.80. The molecular formula is C11H16N2O3S. The predicted octanol–water partition coefficient (Wildman–Crippen LogP) is 0.766. The highest BCUT2D eigenvalue weighted by Crippen LogP contribution is 2.14. The Hall–Kier alpha value is -1.40. The van der Waals surface area contributed by atoms with Crippen LogP contribution in [0.2, 0.25) is 0 Å². The summed E-state index contributed by atoms with van der Waals surface area (Å²) < 4.78 is 22.4. The summed E-state index contributed by atoms with van der Waals surface area (Å²) in [6.07, 6.45) is 1.68. The zero-order valence-corrected chi connectivity index (χ0v) is 10.6. The highest BCUT2D eigenvalue weighted by Gasteiger charge is 2.11. The van der Waals surface area contributed by atoms with Gasteiger partial charge in [-0.2, -0.15) is 0 Å². The van der Waals surface area contributed by atoms with E-state index in [0.29, 0.717) is 12.1 Å². The van der Waals surface area contributed by atoms with Gasteiger partial charge in [-0.3, -0.25) is 4.79 Å². The van der Waals surface area contributed by atoms with E-state index in [1.165, 1.54) is 24.3 Å². The van der Waals surface area contributed by atoms with E-state index in [-0.39, 0.29) is 10.8 Å². The van der Waals surface area contributed by atoms with Crippen LogP contribution in [0.25, 0.3) is 0 Å². The molecule has 0 radical (unpaired) electrons. The van der Waals surface area contributed by atoms with Crippen molar-refractivity contribution in [1.29, 1.82) is 0 Å². The average molecular weight is 256 g/mol. The zero-order chi connectivity index (χ0) is 13.1. The number of benzene rings is 1. The lowest BCUT2D eigenvalue weighted by Crippen LogP contribution is -2.34. The Morgan fingerprint density at radius 3 is 2.29 bits per heavy atom. The van der Waals surface area contributed by atoms with Crippen molar-refractivity contribution in [3.05, 3.63) is 24.3 Å². The molecule has 0 aromatic heterocycles. The number of anilines is 1. The maximum Gasteiger partial charge on any atom is 0.241 e. The molecule has 3 N–H and O–H groups in total. The van der Waals surface area contributed by atoms with Gasteiger partial charge in [0.2, 0.25) is 5.91 Å². The number of hydrogen-bond acceptors (Lipinski definition) is 4. The molecule has 0 fully saturated rings. The molecular weight excluding hydrogens is 240 g/mol. The minimum Gasteiger partial charge on any atom is -0.325 e. The van der Waals surface area contributed by atoms with Gasteiger partial charge in [0.05, 0.1) is 10.9 Å². The van der Waals surface area contributed by atoms with Crippen LogP contribution in [0, 0.1) is 0 Å². The van der Waals surface area contributed by atoms with E-state index >= 15 is 0 Å². The van der Waals surface area contributed by atoms with Crippen LogP contribution in [0.1, 0.15) is 13.3 Å². The monoisotopic (exact) mass is 256 g/mol. The number of carbonyl (C=O) groups excluding carboxylic acids is 1. The van der Waals surface area contributed by atoms with E-state index in [2.05, 4.69) is 5.32 Å². The second-order valence-electron chi connectivity index (χ2n) is 3.80. The van der Waals surface area contributed by atoms with Crippen LogP contribution in [0.3, 0.4) is 0 Å². The minimum absolute atomic E-state index is 0.218. The predicted molar refractivity (Wildman–Crippen MR) is 66.4 cm³/mol. The molecule has 0 unspecified atom stereocenters. The maximum absolute atomic E-state index is 11.5. The molecule has 0 saturated heterocycles. The van der Waals surface area contributed by atoms with Crippen LogP contribution in [0.4, 0.5) is 5.69 Å². The lowest BCUT2D eigenvalue weighted by molar-refractivity contribution is -0.117. The molecule has 1 aromatic rings. The molecule has 6 heteroatoms. The van der Waals surface area contributed by atoms with E-state index in [9.17, 15) is 13.2 Å². The number of carbonyl (C=O) groups is 1. The third-order valence-electron chi connectivity index (χ3n) is 2.33. The summed E-state index contributed by atoms with van der Waals surface area (Å²) in [6, 6.07) is 5.42. The molecule has 1 amide bonds. The summed E-state index contributed by atoms with van der Waals surface area (Å²) in [5.74, 6) is -0.278. The molecule has 94 valence electrons. The molecule has 1 rings (SSSR count). The van der Waals surface area contributed by atoms with Gasteiger partial charge in [-0.1, -0.05) is 6.92 Å². The molecule has 0 heterocycles. The first-order chi connectivity index (χ1) is 7.84. The van der Waals surface area contributed by atoms with Crippen molar-refractivity contribution in [1.82, 2.24) is 0 Å². The Kier molecular flexibility index (Phi) is 4.25. The van der Waals surface area contributed by atoms with Gasteiger partial charge in [-0.25, -0.2) is 8.42 Å². The Balaban J connectivity index is 2.79. The van der Waals surface area contributed by atoms with Gasteiger partial charge in [0, 0.05) is 11.9 Å².